The minimum atomic E-state index is -3.72. The lowest BCUT2D eigenvalue weighted by molar-refractivity contribution is 0.593. The van der Waals surface area contributed by atoms with Crippen molar-refractivity contribution < 1.29 is 12.8 Å². The molecule has 0 aliphatic carbocycles. The van der Waals surface area contributed by atoms with Crippen LogP contribution in [0, 0.1) is 17.3 Å². The summed E-state index contributed by atoms with van der Waals surface area (Å²) in [5.41, 5.74) is 4.88. The number of hydrogen-bond donors (Lipinski definition) is 0. The van der Waals surface area contributed by atoms with Crippen LogP contribution >= 0.6 is 11.6 Å². The minimum absolute atomic E-state index is 0.127. The second-order valence-electron chi connectivity index (χ2n) is 10.0. The Hall–Kier alpha value is -2.54. The Morgan fingerprint density at radius 2 is 1.67 bits per heavy atom. The lowest BCUT2D eigenvalue weighted by Gasteiger charge is -2.38. The first kappa shape index (κ1) is 28.0. The number of aryl methyl sites for hydroxylation is 1. The van der Waals surface area contributed by atoms with E-state index in [1.165, 1.54) is 29.9 Å². The Balaban J connectivity index is 2.57. The molecule has 3 aromatic rings. The summed E-state index contributed by atoms with van der Waals surface area (Å²) in [6.07, 6.45) is 2.37. The first-order valence-corrected chi connectivity index (χ1v) is 16.2. The van der Waals surface area contributed by atoms with Crippen molar-refractivity contribution in [2.24, 2.45) is 7.05 Å². The summed E-state index contributed by atoms with van der Waals surface area (Å²) in [5, 5.41) is -0.187. The van der Waals surface area contributed by atoms with Crippen molar-refractivity contribution in [3.05, 3.63) is 51.2 Å². The number of benzene rings is 1. The molecule has 0 unspecified atom stereocenters. The molecule has 0 fully saturated rings. The average molecular weight is 548 g/mol. The zero-order valence-corrected chi connectivity index (χ0v) is 24.3. The molecule has 0 atom stereocenters. The maximum absolute atomic E-state index is 14.5. The van der Waals surface area contributed by atoms with Crippen LogP contribution in [0.25, 0.3) is 22.2 Å². The second-order valence-corrected chi connectivity index (χ2v) is 17.9. The van der Waals surface area contributed by atoms with Gasteiger partial charge in [0, 0.05) is 30.6 Å². The standard InChI is InChI=1S/C26H31ClFN3O3SSi/c1-15(2)36(16(3)4,17(5)6)13-12-18-20-14-29-26(35(8,33)34)30-24(20)31(7)25(32)22(18)19-10-9-11-21(28)23(19)27/h9-11,14-17H,1-8H3. The highest BCUT2D eigenvalue weighted by atomic mass is 35.5. The molecule has 192 valence electrons. The van der Waals surface area contributed by atoms with E-state index in [-0.39, 0.29) is 21.8 Å². The first-order chi connectivity index (χ1) is 16.6. The topological polar surface area (TPSA) is 81.9 Å². The highest BCUT2D eigenvalue weighted by molar-refractivity contribution is 7.90. The summed E-state index contributed by atoms with van der Waals surface area (Å²) in [6, 6.07) is 4.28. The largest absolute Gasteiger partial charge is 0.295 e. The molecule has 36 heavy (non-hydrogen) atoms. The van der Waals surface area contributed by atoms with E-state index < -0.39 is 34.4 Å². The fourth-order valence-electron chi connectivity index (χ4n) is 5.15. The summed E-state index contributed by atoms with van der Waals surface area (Å²) < 4.78 is 39.9. The van der Waals surface area contributed by atoms with Crippen LogP contribution in [0.3, 0.4) is 0 Å². The Kier molecular flexibility index (Phi) is 7.85. The van der Waals surface area contributed by atoms with Crippen LogP contribution in [-0.4, -0.2) is 37.3 Å². The highest BCUT2D eigenvalue weighted by Gasteiger charge is 2.41. The Morgan fingerprint density at radius 3 is 2.19 bits per heavy atom. The molecule has 10 heteroatoms. The number of aromatic nitrogens is 3. The number of hydrogen-bond acceptors (Lipinski definition) is 5. The van der Waals surface area contributed by atoms with Gasteiger partial charge in [0.15, 0.2) is 0 Å². The third kappa shape index (κ3) is 4.74. The van der Waals surface area contributed by atoms with Crippen molar-refractivity contribution in [1.29, 1.82) is 0 Å². The molecule has 6 nitrogen and oxygen atoms in total. The van der Waals surface area contributed by atoms with Gasteiger partial charge in [-0.3, -0.25) is 9.36 Å². The highest BCUT2D eigenvalue weighted by Crippen LogP contribution is 2.41. The molecule has 0 saturated heterocycles. The molecular formula is C26H31ClFN3O3SSi. The van der Waals surface area contributed by atoms with Gasteiger partial charge in [0.2, 0.25) is 15.0 Å². The number of pyridine rings is 1. The molecule has 1 aromatic carbocycles. The molecular weight excluding hydrogens is 517 g/mol. The van der Waals surface area contributed by atoms with Crippen molar-refractivity contribution in [2.75, 3.05) is 6.26 Å². The number of halogens is 2. The molecule has 0 radical (unpaired) electrons. The van der Waals surface area contributed by atoms with Gasteiger partial charge in [-0.2, -0.15) is 4.98 Å². The van der Waals surface area contributed by atoms with Crippen molar-refractivity contribution in [3.63, 3.8) is 0 Å². The maximum atomic E-state index is 14.5. The van der Waals surface area contributed by atoms with E-state index in [2.05, 4.69) is 63.0 Å². The van der Waals surface area contributed by atoms with Crippen LogP contribution in [0.5, 0.6) is 0 Å². The van der Waals surface area contributed by atoms with Gasteiger partial charge in [-0.05, 0) is 22.7 Å². The van der Waals surface area contributed by atoms with Crippen molar-refractivity contribution in [3.8, 4) is 22.6 Å². The smallest absolute Gasteiger partial charge is 0.261 e. The van der Waals surface area contributed by atoms with Crippen LogP contribution in [0.15, 0.2) is 34.3 Å². The normalized spacial score (nSPS) is 12.5. The summed E-state index contributed by atoms with van der Waals surface area (Å²) in [7, 11) is -4.47. The van der Waals surface area contributed by atoms with Crippen molar-refractivity contribution in [1.82, 2.24) is 14.5 Å². The summed E-state index contributed by atoms with van der Waals surface area (Å²) in [4.78, 5) is 21.9. The Labute approximate surface area is 217 Å². The zero-order valence-electron chi connectivity index (χ0n) is 21.8. The van der Waals surface area contributed by atoms with Gasteiger partial charge in [0.25, 0.3) is 5.56 Å². The van der Waals surface area contributed by atoms with E-state index in [0.717, 1.165) is 6.26 Å². The van der Waals surface area contributed by atoms with Crippen molar-refractivity contribution >= 4 is 40.5 Å². The van der Waals surface area contributed by atoms with Gasteiger partial charge in [-0.15, -0.1) is 5.54 Å². The molecule has 3 rings (SSSR count). The van der Waals surface area contributed by atoms with Gasteiger partial charge in [-0.25, -0.2) is 17.8 Å². The molecule has 0 amide bonds. The van der Waals surface area contributed by atoms with Gasteiger partial charge < -0.3 is 0 Å². The van der Waals surface area contributed by atoms with E-state index in [1.54, 1.807) is 6.07 Å². The fraction of sp³-hybridized carbons (Fsp3) is 0.423. The lowest BCUT2D eigenvalue weighted by atomic mass is 9.99. The first-order valence-electron chi connectivity index (χ1n) is 11.7. The van der Waals surface area contributed by atoms with E-state index in [1.807, 2.05) is 0 Å². The zero-order chi connectivity index (χ0) is 27.2. The van der Waals surface area contributed by atoms with Crippen molar-refractivity contribution in [2.45, 2.75) is 63.3 Å². The SMILES string of the molecule is CC(C)[Si](C#Cc1c(-c2cccc(F)c2Cl)c(=O)n(C)c2nc(S(C)(=O)=O)ncc12)(C(C)C)C(C)C. The minimum Gasteiger partial charge on any atom is -0.295 e. The number of sulfone groups is 1. The van der Waals surface area contributed by atoms with Gasteiger partial charge in [0.1, 0.15) is 19.5 Å². The molecule has 0 aliphatic rings. The molecule has 2 aromatic heterocycles. The van der Waals surface area contributed by atoms with Crippen LogP contribution in [-0.2, 0) is 16.9 Å². The van der Waals surface area contributed by atoms with Crippen LogP contribution in [0.4, 0.5) is 4.39 Å². The number of nitrogens with zero attached hydrogens (tertiary/aromatic N) is 3. The van der Waals surface area contributed by atoms with Crippen LogP contribution < -0.4 is 5.56 Å². The molecule has 0 N–H and O–H groups in total. The third-order valence-electron chi connectivity index (χ3n) is 6.92. The van der Waals surface area contributed by atoms with Gasteiger partial charge in [0.05, 0.1) is 16.0 Å². The van der Waals surface area contributed by atoms with E-state index in [0.29, 0.717) is 27.6 Å². The van der Waals surface area contributed by atoms with Crippen LogP contribution in [0.1, 0.15) is 47.1 Å². The molecule has 0 spiro atoms. The van der Waals surface area contributed by atoms with Gasteiger partial charge >= 0.3 is 0 Å². The molecule has 0 bridgehead atoms. The monoisotopic (exact) mass is 547 g/mol. The summed E-state index contributed by atoms with van der Waals surface area (Å²) >= 11 is 6.33. The fourth-order valence-corrected chi connectivity index (χ4v) is 11.1. The summed E-state index contributed by atoms with van der Waals surface area (Å²) in [5.74, 6) is 2.64. The predicted octanol–water partition coefficient (Wildman–Crippen LogP) is 5.76. The van der Waals surface area contributed by atoms with E-state index >= 15 is 0 Å². The maximum Gasteiger partial charge on any atom is 0.261 e. The summed E-state index contributed by atoms with van der Waals surface area (Å²) in [6.45, 7) is 13.1. The Bertz CT molecular complexity index is 1550. The quantitative estimate of drug-likeness (QED) is 0.230. The molecule has 0 aliphatic heterocycles. The van der Waals surface area contributed by atoms with Gasteiger partial charge in [-0.1, -0.05) is 71.2 Å². The van der Waals surface area contributed by atoms with Crippen LogP contribution in [0.2, 0.25) is 21.6 Å². The number of rotatable bonds is 5. The van der Waals surface area contributed by atoms with E-state index in [9.17, 15) is 17.6 Å². The average Bonchev–Trinajstić information content (AvgIpc) is 2.78. The second kappa shape index (κ2) is 10.1. The Morgan fingerprint density at radius 1 is 1.08 bits per heavy atom. The molecule has 0 saturated carbocycles. The lowest BCUT2D eigenvalue weighted by Crippen LogP contribution is -2.43. The third-order valence-corrected chi connectivity index (χ3v) is 14.5. The van der Waals surface area contributed by atoms with E-state index in [4.69, 9.17) is 11.6 Å². The molecule has 2 heterocycles. The predicted molar refractivity (Wildman–Crippen MR) is 146 cm³/mol. The number of fused-ring (bicyclic) bond motifs is 1.